The fourth-order valence-corrected chi connectivity index (χ4v) is 4.65. The van der Waals surface area contributed by atoms with Gasteiger partial charge in [0.1, 0.15) is 0 Å². The minimum absolute atomic E-state index is 0. The molecular weight excluding hydrogens is 386 g/mol. The fourth-order valence-electron chi connectivity index (χ4n) is 3.09. The third kappa shape index (κ3) is 6.17. The van der Waals surface area contributed by atoms with Crippen molar-refractivity contribution in [1.82, 2.24) is 9.62 Å². The number of rotatable bonds is 7. The number of carbonyl (C=O) groups is 1. The summed E-state index contributed by atoms with van der Waals surface area (Å²) in [4.78, 5) is 12.6. The highest BCUT2D eigenvalue weighted by atomic mass is 35.5. The molecule has 1 aromatic carbocycles. The lowest BCUT2D eigenvalue weighted by Crippen LogP contribution is -2.49. The van der Waals surface area contributed by atoms with Gasteiger partial charge in [0, 0.05) is 30.7 Å². The van der Waals surface area contributed by atoms with Crippen LogP contribution in [0.15, 0.2) is 29.2 Å². The van der Waals surface area contributed by atoms with E-state index in [0.29, 0.717) is 25.2 Å². The summed E-state index contributed by atoms with van der Waals surface area (Å²) in [6.07, 6.45) is 5.40. The fraction of sp³-hybridized carbons (Fsp3) is 0.632. The summed E-state index contributed by atoms with van der Waals surface area (Å²) >= 11 is 0. The molecule has 0 aromatic heterocycles. The Kier molecular flexibility index (Phi) is 9.21. The normalized spacial score (nSPS) is 16.3. The number of benzene rings is 1. The van der Waals surface area contributed by atoms with Crippen molar-refractivity contribution in [2.45, 2.75) is 62.8 Å². The van der Waals surface area contributed by atoms with Gasteiger partial charge in [-0.3, -0.25) is 4.79 Å². The average molecular weight is 418 g/mol. The molecule has 0 unspecified atom stereocenters. The molecule has 8 heteroatoms. The van der Waals surface area contributed by atoms with Crippen LogP contribution < -0.4 is 11.1 Å². The van der Waals surface area contributed by atoms with Crippen LogP contribution in [-0.2, 0) is 10.0 Å². The van der Waals surface area contributed by atoms with Gasteiger partial charge >= 0.3 is 0 Å². The predicted octanol–water partition coefficient (Wildman–Crippen LogP) is 2.92. The first-order valence-electron chi connectivity index (χ1n) is 9.50. The zero-order valence-corrected chi connectivity index (χ0v) is 17.9. The number of hydrogen-bond acceptors (Lipinski definition) is 4. The molecule has 0 aliphatic carbocycles. The lowest BCUT2D eigenvalue weighted by molar-refractivity contribution is 0.0942. The molecule has 1 heterocycles. The van der Waals surface area contributed by atoms with E-state index in [9.17, 15) is 13.2 Å². The minimum atomic E-state index is -3.57. The smallest absolute Gasteiger partial charge is 0.251 e. The van der Waals surface area contributed by atoms with Gasteiger partial charge in [-0.1, -0.05) is 32.8 Å². The third-order valence-electron chi connectivity index (χ3n) is 5.31. The van der Waals surface area contributed by atoms with Gasteiger partial charge < -0.3 is 11.1 Å². The van der Waals surface area contributed by atoms with E-state index in [4.69, 9.17) is 5.73 Å². The van der Waals surface area contributed by atoms with Gasteiger partial charge in [0.05, 0.1) is 4.90 Å². The van der Waals surface area contributed by atoms with Crippen LogP contribution in [0.5, 0.6) is 0 Å². The monoisotopic (exact) mass is 417 g/mol. The van der Waals surface area contributed by atoms with Crippen molar-refractivity contribution in [3.63, 3.8) is 0 Å². The average Bonchev–Trinajstić information content (AvgIpc) is 2.96. The maximum atomic E-state index is 12.9. The Morgan fingerprint density at radius 3 is 2.30 bits per heavy atom. The highest BCUT2D eigenvalue weighted by molar-refractivity contribution is 7.89. The van der Waals surface area contributed by atoms with E-state index in [1.807, 2.05) is 13.8 Å². The van der Waals surface area contributed by atoms with Gasteiger partial charge in [0.15, 0.2) is 0 Å². The first kappa shape index (κ1) is 23.9. The maximum absolute atomic E-state index is 12.9. The van der Waals surface area contributed by atoms with Crippen LogP contribution in [-0.4, -0.2) is 43.8 Å². The Morgan fingerprint density at radius 1 is 1.15 bits per heavy atom. The number of nitrogens with zero attached hydrogens (tertiary/aromatic N) is 1. The van der Waals surface area contributed by atoms with Gasteiger partial charge in [0.2, 0.25) is 10.0 Å². The molecule has 154 valence electrons. The molecule has 0 saturated carbocycles. The van der Waals surface area contributed by atoms with Gasteiger partial charge in [0.25, 0.3) is 5.91 Å². The highest BCUT2D eigenvalue weighted by Crippen LogP contribution is 2.21. The van der Waals surface area contributed by atoms with Crippen molar-refractivity contribution >= 4 is 28.3 Å². The molecule has 2 rings (SSSR count). The Bertz CT molecular complexity index is 713. The first-order valence-corrected chi connectivity index (χ1v) is 10.9. The van der Waals surface area contributed by atoms with E-state index in [0.717, 1.165) is 38.5 Å². The summed E-state index contributed by atoms with van der Waals surface area (Å²) in [5, 5.41) is 2.84. The van der Waals surface area contributed by atoms with Gasteiger partial charge in [-0.15, -0.1) is 12.4 Å². The summed E-state index contributed by atoms with van der Waals surface area (Å²) < 4.78 is 27.3. The number of nitrogens with two attached hydrogens (primary N) is 1. The molecule has 0 bridgehead atoms. The third-order valence-corrected chi connectivity index (χ3v) is 7.20. The second kappa shape index (κ2) is 10.4. The summed E-state index contributed by atoms with van der Waals surface area (Å²) in [5.74, 6) is -0.297. The van der Waals surface area contributed by atoms with Crippen molar-refractivity contribution in [2.24, 2.45) is 5.73 Å². The van der Waals surface area contributed by atoms with E-state index in [2.05, 4.69) is 5.32 Å². The second-order valence-electron chi connectivity index (χ2n) is 7.10. The summed E-state index contributed by atoms with van der Waals surface area (Å²) in [5.41, 5.74) is 6.12. The lowest BCUT2D eigenvalue weighted by atomic mass is 9.94. The Balaban J connectivity index is 0.00000364. The zero-order chi connectivity index (χ0) is 19.2. The van der Waals surface area contributed by atoms with Crippen molar-refractivity contribution in [3.8, 4) is 0 Å². The predicted molar refractivity (Wildman–Crippen MR) is 111 cm³/mol. The standard InChI is InChI=1S/C19H31N3O3S.ClH/c1-3-19(20,4-2)15-21-18(23)16-10-9-11-17(14-16)26(24,25)22-12-7-5-6-8-13-22;/h9-11,14H,3-8,12-13,15,20H2,1-2H3,(H,21,23);1H. The van der Waals surface area contributed by atoms with E-state index in [-0.39, 0.29) is 23.2 Å². The molecule has 27 heavy (non-hydrogen) atoms. The lowest BCUT2D eigenvalue weighted by Gasteiger charge is -2.26. The van der Waals surface area contributed by atoms with Crippen LogP contribution in [0.1, 0.15) is 62.7 Å². The SMILES string of the molecule is CCC(N)(CC)CNC(=O)c1cccc(S(=O)(=O)N2CCCCCC2)c1.Cl. The maximum Gasteiger partial charge on any atom is 0.251 e. The number of nitrogens with one attached hydrogen (secondary N) is 1. The van der Waals surface area contributed by atoms with E-state index in [1.165, 1.54) is 10.4 Å². The Hall–Kier alpha value is -1.15. The van der Waals surface area contributed by atoms with Gasteiger partial charge in [-0.25, -0.2) is 8.42 Å². The van der Waals surface area contributed by atoms with Crippen LogP contribution in [0.4, 0.5) is 0 Å². The molecule has 0 radical (unpaired) electrons. The summed E-state index contributed by atoms with van der Waals surface area (Å²) in [6, 6.07) is 6.27. The van der Waals surface area contributed by atoms with Crippen molar-refractivity contribution in [1.29, 1.82) is 0 Å². The van der Waals surface area contributed by atoms with Crippen molar-refractivity contribution in [3.05, 3.63) is 29.8 Å². The van der Waals surface area contributed by atoms with Crippen LogP contribution in [0, 0.1) is 0 Å². The number of amides is 1. The Labute approximate surface area is 169 Å². The van der Waals surface area contributed by atoms with Crippen molar-refractivity contribution < 1.29 is 13.2 Å². The minimum Gasteiger partial charge on any atom is -0.350 e. The molecule has 0 spiro atoms. The molecular formula is C19H32ClN3O3S. The summed E-state index contributed by atoms with van der Waals surface area (Å²) in [6.45, 7) is 5.43. The van der Waals surface area contributed by atoms with Gasteiger partial charge in [-0.05, 0) is 43.9 Å². The molecule has 3 N–H and O–H groups in total. The second-order valence-corrected chi connectivity index (χ2v) is 9.04. The van der Waals surface area contributed by atoms with E-state index >= 15 is 0 Å². The van der Waals surface area contributed by atoms with Crippen LogP contribution in [0.2, 0.25) is 0 Å². The summed E-state index contributed by atoms with van der Waals surface area (Å²) in [7, 11) is -3.57. The molecule has 1 aromatic rings. The Morgan fingerprint density at radius 2 is 1.74 bits per heavy atom. The van der Waals surface area contributed by atoms with Crippen molar-refractivity contribution in [2.75, 3.05) is 19.6 Å². The van der Waals surface area contributed by atoms with Crippen LogP contribution in [0.25, 0.3) is 0 Å². The number of carbonyl (C=O) groups excluding carboxylic acids is 1. The first-order chi connectivity index (χ1) is 12.3. The van der Waals surface area contributed by atoms with E-state index < -0.39 is 15.6 Å². The molecule has 1 aliphatic heterocycles. The molecule has 1 amide bonds. The van der Waals surface area contributed by atoms with Crippen LogP contribution >= 0.6 is 12.4 Å². The van der Waals surface area contributed by atoms with Crippen LogP contribution in [0.3, 0.4) is 0 Å². The molecule has 1 fully saturated rings. The highest BCUT2D eigenvalue weighted by Gasteiger charge is 2.26. The van der Waals surface area contributed by atoms with E-state index in [1.54, 1.807) is 18.2 Å². The molecule has 0 atom stereocenters. The zero-order valence-electron chi connectivity index (χ0n) is 16.2. The molecule has 6 nitrogen and oxygen atoms in total. The number of halogens is 1. The van der Waals surface area contributed by atoms with Gasteiger partial charge in [-0.2, -0.15) is 4.31 Å². The topological polar surface area (TPSA) is 92.5 Å². The number of hydrogen-bond donors (Lipinski definition) is 2. The largest absolute Gasteiger partial charge is 0.350 e. The molecule has 1 aliphatic rings. The number of sulfonamides is 1. The molecule has 1 saturated heterocycles. The quantitative estimate of drug-likeness (QED) is 0.713.